The van der Waals surface area contributed by atoms with Crippen molar-refractivity contribution in [3.05, 3.63) is 40.2 Å². The number of aromatic nitrogens is 1. The van der Waals surface area contributed by atoms with E-state index in [0.29, 0.717) is 0 Å². The normalized spacial score (nSPS) is 9.89. The second-order valence-corrected chi connectivity index (χ2v) is 5.12. The number of aryl methyl sites for hydroxylation is 1. The van der Waals surface area contributed by atoms with Crippen LogP contribution in [0.4, 0.5) is 0 Å². The summed E-state index contributed by atoms with van der Waals surface area (Å²) in [4.78, 5) is 15.9. The van der Waals surface area contributed by atoms with Gasteiger partial charge in [0.05, 0.1) is 23.2 Å². The van der Waals surface area contributed by atoms with Crippen LogP contribution in [0.2, 0.25) is 0 Å². The Labute approximate surface area is 115 Å². The summed E-state index contributed by atoms with van der Waals surface area (Å²) in [5, 5.41) is 13.9. The monoisotopic (exact) mass is 271 g/mol. The van der Waals surface area contributed by atoms with Crippen molar-refractivity contribution in [3.8, 4) is 17.3 Å². The van der Waals surface area contributed by atoms with Crippen molar-refractivity contribution in [2.24, 2.45) is 0 Å². The molecule has 4 nitrogen and oxygen atoms in total. The van der Waals surface area contributed by atoms with Crippen molar-refractivity contribution in [2.45, 2.75) is 13.3 Å². The molecule has 0 unspecified atom stereocenters. The van der Waals surface area contributed by atoms with Gasteiger partial charge in [-0.25, -0.2) is 4.98 Å². The van der Waals surface area contributed by atoms with E-state index in [9.17, 15) is 4.79 Å². The number of rotatable bonds is 4. The second-order valence-electron chi connectivity index (χ2n) is 4.06. The lowest BCUT2D eigenvalue weighted by molar-refractivity contribution is -0.120. The number of thiazole rings is 1. The Bertz CT molecular complexity index is 610. The summed E-state index contributed by atoms with van der Waals surface area (Å²) < 4.78 is 0. The molecule has 1 heterocycles. The molecular weight excluding hydrogens is 258 g/mol. The molecule has 0 atom stereocenters. The molecule has 5 heteroatoms. The molecule has 0 saturated heterocycles. The highest BCUT2D eigenvalue weighted by atomic mass is 32.1. The summed E-state index contributed by atoms with van der Waals surface area (Å²) in [6, 6.07) is 9.62. The fourth-order valence-corrected chi connectivity index (χ4v) is 2.30. The Hall–Kier alpha value is -2.19. The van der Waals surface area contributed by atoms with E-state index in [2.05, 4.69) is 10.3 Å². The molecule has 1 amide bonds. The minimum Gasteiger partial charge on any atom is -0.343 e. The van der Waals surface area contributed by atoms with Crippen LogP contribution in [0.5, 0.6) is 0 Å². The number of nitrogens with zero attached hydrogens (tertiary/aromatic N) is 2. The minimum absolute atomic E-state index is 0.0506. The third-order valence-electron chi connectivity index (χ3n) is 2.60. The average molecular weight is 271 g/mol. The summed E-state index contributed by atoms with van der Waals surface area (Å²) in [5.41, 5.74) is 2.93. The molecule has 0 saturated carbocycles. The molecule has 0 radical (unpaired) electrons. The van der Waals surface area contributed by atoms with Gasteiger partial charge >= 0.3 is 0 Å². The van der Waals surface area contributed by atoms with Gasteiger partial charge in [0, 0.05) is 10.9 Å². The van der Waals surface area contributed by atoms with Crippen molar-refractivity contribution in [2.75, 3.05) is 6.54 Å². The SMILES string of the molecule is Cc1nc(-c2ccc(CC(=O)NCC#N)cc2)cs1. The van der Waals surface area contributed by atoms with Crippen LogP contribution < -0.4 is 5.32 Å². The molecule has 0 aliphatic rings. The fraction of sp³-hybridized carbons (Fsp3) is 0.214. The van der Waals surface area contributed by atoms with Crippen LogP contribution in [0, 0.1) is 18.3 Å². The largest absolute Gasteiger partial charge is 0.343 e. The molecule has 1 aromatic carbocycles. The lowest BCUT2D eigenvalue weighted by Crippen LogP contribution is -2.25. The van der Waals surface area contributed by atoms with E-state index < -0.39 is 0 Å². The minimum atomic E-state index is -0.140. The molecule has 96 valence electrons. The van der Waals surface area contributed by atoms with E-state index in [1.807, 2.05) is 42.6 Å². The molecule has 0 bridgehead atoms. The first-order valence-corrected chi connectivity index (χ1v) is 6.72. The van der Waals surface area contributed by atoms with Gasteiger partial charge in [-0.15, -0.1) is 11.3 Å². The van der Waals surface area contributed by atoms with Gasteiger partial charge < -0.3 is 5.32 Å². The molecule has 0 aliphatic heterocycles. The Morgan fingerprint density at radius 3 is 2.74 bits per heavy atom. The number of nitriles is 1. The highest BCUT2D eigenvalue weighted by Gasteiger charge is 2.05. The van der Waals surface area contributed by atoms with Gasteiger partial charge in [-0.05, 0) is 12.5 Å². The summed E-state index contributed by atoms with van der Waals surface area (Å²) in [6.45, 7) is 2.02. The topological polar surface area (TPSA) is 65.8 Å². The van der Waals surface area contributed by atoms with E-state index in [-0.39, 0.29) is 18.9 Å². The molecule has 1 N–H and O–H groups in total. The Morgan fingerprint density at radius 2 is 2.16 bits per heavy atom. The van der Waals surface area contributed by atoms with E-state index in [1.54, 1.807) is 11.3 Å². The van der Waals surface area contributed by atoms with E-state index >= 15 is 0 Å². The van der Waals surface area contributed by atoms with Gasteiger partial charge in [-0.3, -0.25) is 4.79 Å². The van der Waals surface area contributed by atoms with Crippen LogP contribution in [-0.4, -0.2) is 17.4 Å². The number of carbonyl (C=O) groups excluding carboxylic acids is 1. The Morgan fingerprint density at radius 1 is 1.42 bits per heavy atom. The first kappa shape index (κ1) is 13.2. The summed E-state index contributed by atoms with van der Waals surface area (Å²) >= 11 is 1.62. The van der Waals surface area contributed by atoms with Crippen molar-refractivity contribution in [3.63, 3.8) is 0 Å². The summed E-state index contributed by atoms with van der Waals surface area (Å²) in [6.07, 6.45) is 0.290. The molecule has 0 aliphatic carbocycles. The van der Waals surface area contributed by atoms with Gasteiger partial charge in [0.1, 0.15) is 6.54 Å². The highest BCUT2D eigenvalue weighted by molar-refractivity contribution is 7.09. The van der Waals surface area contributed by atoms with Crippen molar-refractivity contribution in [1.29, 1.82) is 5.26 Å². The average Bonchev–Trinajstić information content (AvgIpc) is 2.84. The van der Waals surface area contributed by atoms with Gasteiger partial charge in [0.15, 0.2) is 0 Å². The highest BCUT2D eigenvalue weighted by Crippen LogP contribution is 2.21. The first-order valence-electron chi connectivity index (χ1n) is 5.84. The molecular formula is C14H13N3OS. The zero-order valence-corrected chi connectivity index (χ0v) is 11.3. The van der Waals surface area contributed by atoms with Gasteiger partial charge in [0.25, 0.3) is 0 Å². The molecule has 0 fully saturated rings. The number of hydrogen-bond donors (Lipinski definition) is 1. The van der Waals surface area contributed by atoms with E-state index in [4.69, 9.17) is 5.26 Å². The maximum atomic E-state index is 11.5. The maximum absolute atomic E-state index is 11.5. The molecule has 0 spiro atoms. The van der Waals surface area contributed by atoms with Crippen molar-refractivity contribution >= 4 is 17.2 Å². The summed E-state index contributed by atoms with van der Waals surface area (Å²) in [7, 11) is 0. The zero-order chi connectivity index (χ0) is 13.7. The van der Waals surface area contributed by atoms with E-state index in [1.165, 1.54) is 0 Å². The van der Waals surface area contributed by atoms with Crippen LogP contribution in [0.1, 0.15) is 10.6 Å². The number of benzene rings is 1. The van der Waals surface area contributed by atoms with Crippen molar-refractivity contribution in [1.82, 2.24) is 10.3 Å². The predicted molar refractivity (Wildman–Crippen MR) is 74.6 cm³/mol. The van der Waals surface area contributed by atoms with Crippen LogP contribution in [-0.2, 0) is 11.2 Å². The number of nitrogens with one attached hydrogen (secondary N) is 1. The smallest absolute Gasteiger partial charge is 0.225 e. The van der Waals surface area contributed by atoms with Gasteiger partial charge in [-0.1, -0.05) is 24.3 Å². The lowest BCUT2D eigenvalue weighted by atomic mass is 10.1. The van der Waals surface area contributed by atoms with Crippen molar-refractivity contribution < 1.29 is 4.79 Å². The molecule has 19 heavy (non-hydrogen) atoms. The first-order chi connectivity index (χ1) is 9.19. The second kappa shape index (κ2) is 6.12. The number of amides is 1. The maximum Gasteiger partial charge on any atom is 0.225 e. The van der Waals surface area contributed by atoms with Gasteiger partial charge in [-0.2, -0.15) is 5.26 Å². The summed E-state index contributed by atoms with van der Waals surface area (Å²) in [5.74, 6) is -0.140. The standard InChI is InChI=1S/C14H13N3OS/c1-10-17-13(9-19-10)12-4-2-11(3-5-12)8-14(18)16-7-6-15/h2-5,9H,7-8H2,1H3,(H,16,18). The van der Waals surface area contributed by atoms with Crippen LogP contribution in [0.15, 0.2) is 29.6 Å². The Kier molecular flexibility index (Phi) is 4.26. The zero-order valence-electron chi connectivity index (χ0n) is 10.5. The Balaban J connectivity index is 2.03. The lowest BCUT2D eigenvalue weighted by Gasteiger charge is -2.02. The van der Waals surface area contributed by atoms with Gasteiger partial charge in [0.2, 0.25) is 5.91 Å². The van der Waals surface area contributed by atoms with E-state index in [0.717, 1.165) is 21.8 Å². The fourth-order valence-electron chi connectivity index (χ4n) is 1.68. The third kappa shape index (κ3) is 3.63. The van der Waals surface area contributed by atoms with Crippen LogP contribution in [0.3, 0.4) is 0 Å². The predicted octanol–water partition coefficient (Wildman–Crippen LogP) is 2.30. The molecule has 1 aromatic heterocycles. The van der Waals surface area contributed by atoms with Crippen LogP contribution in [0.25, 0.3) is 11.3 Å². The molecule has 2 aromatic rings. The van der Waals surface area contributed by atoms with Crippen LogP contribution >= 0.6 is 11.3 Å². The quantitative estimate of drug-likeness (QED) is 0.868. The third-order valence-corrected chi connectivity index (χ3v) is 3.37. The number of hydrogen-bond acceptors (Lipinski definition) is 4. The number of carbonyl (C=O) groups is 1. The molecule has 2 rings (SSSR count).